The summed E-state index contributed by atoms with van der Waals surface area (Å²) < 4.78 is 11.1. The molecule has 0 saturated heterocycles. The molecular formula is C23H26N2O4. The van der Waals surface area contributed by atoms with Crippen LogP contribution in [0, 0.1) is 26.7 Å². The summed E-state index contributed by atoms with van der Waals surface area (Å²) in [6, 6.07) is 12.5. The van der Waals surface area contributed by atoms with Crippen molar-refractivity contribution in [3.63, 3.8) is 0 Å². The van der Waals surface area contributed by atoms with E-state index in [1.54, 1.807) is 6.92 Å². The van der Waals surface area contributed by atoms with Crippen molar-refractivity contribution in [1.29, 1.82) is 0 Å². The molecule has 2 amide bonds. The zero-order valence-corrected chi connectivity index (χ0v) is 17.2. The van der Waals surface area contributed by atoms with Crippen LogP contribution in [0.15, 0.2) is 47.5 Å². The maximum absolute atomic E-state index is 12.8. The molecule has 29 heavy (non-hydrogen) atoms. The van der Waals surface area contributed by atoms with Crippen LogP contribution in [-0.4, -0.2) is 30.9 Å². The first-order chi connectivity index (χ1) is 13.9. The van der Waals surface area contributed by atoms with Gasteiger partial charge in [-0.1, -0.05) is 41.5 Å². The number of aliphatic imine (C=N–C) groups is 1. The van der Waals surface area contributed by atoms with Gasteiger partial charge in [-0.15, -0.1) is 0 Å². The van der Waals surface area contributed by atoms with E-state index in [0.717, 1.165) is 22.3 Å². The molecule has 1 aliphatic rings. The number of urea groups is 1. The summed E-state index contributed by atoms with van der Waals surface area (Å²) in [4.78, 5) is 29.2. The standard InChI is InChI=1S/C23H26N2O4/c1-5-28-22(26)20-19(13-29-17-10-7-14(2)8-11-17)24-23(27)25-21(20)18-12-15(3)6-9-16(18)4/h6-12,20-21H,5,13H2,1-4H3,(H,25,27). The lowest BCUT2D eigenvalue weighted by Gasteiger charge is -2.31. The SMILES string of the molecule is CCOC(=O)C1C(COc2ccc(C)cc2)=NC(=O)NC1c1cc(C)ccc1C. The summed E-state index contributed by atoms with van der Waals surface area (Å²) in [5.41, 5.74) is 4.38. The summed E-state index contributed by atoms with van der Waals surface area (Å²) in [5, 5.41) is 2.84. The smallest absolute Gasteiger partial charge is 0.341 e. The van der Waals surface area contributed by atoms with Crippen LogP contribution in [0.1, 0.15) is 35.2 Å². The Morgan fingerprint density at radius 3 is 2.45 bits per heavy atom. The molecule has 0 bridgehead atoms. The van der Waals surface area contributed by atoms with E-state index in [4.69, 9.17) is 9.47 Å². The van der Waals surface area contributed by atoms with Crippen molar-refractivity contribution < 1.29 is 19.1 Å². The number of aryl methyl sites for hydroxylation is 3. The second-order valence-electron chi connectivity index (χ2n) is 7.22. The first kappa shape index (κ1) is 20.6. The van der Waals surface area contributed by atoms with Gasteiger partial charge in [0.1, 0.15) is 18.3 Å². The fourth-order valence-corrected chi connectivity index (χ4v) is 3.41. The highest BCUT2D eigenvalue weighted by molar-refractivity contribution is 6.10. The Bertz CT molecular complexity index is 934. The fraction of sp³-hybridized carbons (Fsp3) is 0.348. The summed E-state index contributed by atoms with van der Waals surface area (Å²) in [6.45, 7) is 7.95. The molecule has 0 fully saturated rings. The Labute approximate surface area is 170 Å². The van der Waals surface area contributed by atoms with Crippen LogP contribution in [0.3, 0.4) is 0 Å². The summed E-state index contributed by atoms with van der Waals surface area (Å²) in [5.74, 6) is -0.529. The third-order valence-electron chi connectivity index (χ3n) is 4.93. The molecule has 6 heteroatoms. The lowest BCUT2D eigenvalue weighted by molar-refractivity contribution is -0.146. The van der Waals surface area contributed by atoms with E-state index in [0.29, 0.717) is 11.5 Å². The number of nitrogens with zero attached hydrogens (tertiary/aromatic N) is 1. The van der Waals surface area contributed by atoms with Crippen molar-refractivity contribution in [1.82, 2.24) is 5.32 Å². The van der Waals surface area contributed by atoms with Crippen molar-refractivity contribution in [2.75, 3.05) is 13.2 Å². The van der Waals surface area contributed by atoms with Crippen LogP contribution in [0.4, 0.5) is 4.79 Å². The quantitative estimate of drug-likeness (QED) is 0.749. The Morgan fingerprint density at radius 1 is 1.07 bits per heavy atom. The number of hydrogen-bond acceptors (Lipinski definition) is 4. The van der Waals surface area contributed by atoms with Gasteiger partial charge in [0.25, 0.3) is 0 Å². The van der Waals surface area contributed by atoms with Gasteiger partial charge in [0.05, 0.1) is 18.4 Å². The Balaban J connectivity index is 1.94. The van der Waals surface area contributed by atoms with Crippen molar-refractivity contribution in [2.24, 2.45) is 10.9 Å². The average Bonchev–Trinajstić information content (AvgIpc) is 2.69. The third kappa shape index (κ3) is 4.83. The zero-order valence-electron chi connectivity index (χ0n) is 17.2. The molecule has 2 aromatic carbocycles. The fourth-order valence-electron chi connectivity index (χ4n) is 3.41. The Morgan fingerprint density at radius 2 is 1.76 bits per heavy atom. The highest BCUT2D eigenvalue weighted by Crippen LogP contribution is 2.31. The largest absolute Gasteiger partial charge is 0.488 e. The average molecular weight is 394 g/mol. The molecule has 0 aromatic heterocycles. The molecule has 6 nitrogen and oxygen atoms in total. The number of amides is 2. The normalized spacial score (nSPS) is 18.6. The number of esters is 1. The second-order valence-corrected chi connectivity index (χ2v) is 7.22. The van der Waals surface area contributed by atoms with E-state index in [1.807, 2.05) is 63.2 Å². The lowest BCUT2D eigenvalue weighted by Crippen LogP contribution is -2.47. The number of nitrogens with one attached hydrogen (secondary N) is 1. The topological polar surface area (TPSA) is 77.0 Å². The van der Waals surface area contributed by atoms with E-state index in [1.165, 1.54) is 0 Å². The van der Waals surface area contributed by atoms with Gasteiger partial charge in [-0.25, -0.2) is 4.79 Å². The minimum atomic E-state index is -0.751. The van der Waals surface area contributed by atoms with Gasteiger partial charge in [-0.3, -0.25) is 4.79 Å². The molecule has 2 atom stereocenters. The number of hydrogen-bond donors (Lipinski definition) is 1. The molecule has 2 aromatic rings. The highest BCUT2D eigenvalue weighted by atomic mass is 16.5. The van der Waals surface area contributed by atoms with Crippen LogP contribution in [0.5, 0.6) is 5.75 Å². The highest BCUT2D eigenvalue weighted by Gasteiger charge is 2.40. The van der Waals surface area contributed by atoms with Crippen molar-refractivity contribution in [3.8, 4) is 5.75 Å². The van der Waals surface area contributed by atoms with E-state index >= 15 is 0 Å². The molecule has 1 aliphatic heterocycles. The molecule has 0 aliphatic carbocycles. The first-order valence-corrected chi connectivity index (χ1v) is 9.70. The molecule has 0 spiro atoms. The Kier molecular flexibility index (Phi) is 6.32. The molecule has 0 saturated carbocycles. The number of rotatable bonds is 6. The second kappa shape index (κ2) is 8.90. The molecule has 152 valence electrons. The minimum absolute atomic E-state index is 0.0291. The molecule has 1 N–H and O–H groups in total. The number of carbonyl (C=O) groups is 2. The molecule has 0 radical (unpaired) electrons. The van der Waals surface area contributed by atoms with Crippen LogP contribution < -0.4 is 10.1 Å². The number of carbonyl (C=O) groups excluding carboxylic acids is 2. The van der Waals surface area contributed by atoms with Crippen molar-refractivity contribution in [3.05, 3.63) is 64.7 Å². The molecule has 2 unspecified atom stereocenters. The summed E-state index contributed by atoms with van der Waals surface area (Å²) >= 11 is 0. The van der Waals surface area contributed by atoms with E-state index in [9.17, 15) is 9.59 Å². The summed E-state index contributed by atoms with van der Waals surface area (Å²) in [7, 11) is 0. The van der Waals surface area contributed by atoms with E-state index in [2.05, 4.69) is 10.3 Å². The van der Waals surface area contributed by atoms with E-state index < -0.39 is 24.0 Å². The van der Waals surface area contributed by atoms with Gasteiger partial charge in [0.2, 0.25) is 0 Å². The predicted molar refractivity (Wildman–Crippen MR) is 111 cm³/mol. The third-order valence-corrected chi connectivity index (χ3v) is 4.93. The van der Waals surface area contributed by atoms with Crippen molar-refractivity contribution in [2.45, 2.75) is 33.7 Å². The van der Waals surface area contributed by atoms with Crippen LogP contribution >= 0.6 is 0 Å². The van der Waals surface area contributed by atoms with Crippen LogP contribution in [0.2, 0.25) is 0 Å². The Hall–Kier alpha value is -3.15. The van der Waals surface area contributed by atoms with Gasteiger partial charge in [-0.2, -0.15) is 4.99 Å². The van der Waals surface area contributed by atoms with Gasteiger partial charge in [0.15, 0.2) is 0 Å². The minimum Gasteiger partial charge on any atom is -0.488 e. The zero-order chi connectivity index (χ0) is 21.0. The van der Waals surface area contributed by atoms with E-state index in [-0.39, 0.29) is 13.2 Å². The molecule has 1 heterocycles. The van der Waals surface area contributed by atoms with Crippen molar-refractivity contribution >= 4 is 17.7 Å². The van der Waals surface area contributed by atoms with Crippen LogP contribution in [-0.2, 0) is 9.53 Å². The molecular weight excluding hydrogens is 368 g/mol. The molecule has 3 rings (SSSR count). The van der Waals surface area contributed by atoms with Gasteiger partial charge in [0, 0.05) is 0 Å². The van der Waals surface area contributed by atoms with Crippen LogP contribution in [0.25, 0.3) is 0 Å². The maximum Gasteiger partial charge on any atom is 0.341 e. The number of benzene rings is 2. The monoisotopic (exact) mass is 394 g/mol. The first-order valence-electron chi connectivity index (χ1n) is 9.70. The number of ether oxygens (including phenoxy) is 2. The summed E-state index contributed by atoms with van der Waals surface area (Å²) in [6.07, 6.45) is 0. The maximum atomic E-state index is 12.8. The van der Waals surface area contributed by atoms with Gasteiger partial charge >= 0.3 is 12.0 Å². The van der Waals surface area contributed by atoms with Gasteiger partial charge in [-0.05, 0) is 51.0 Å². The van der Waals surface area contributed by atoms with Gasteiger partial charge < -0.3 is 14.8 Å². The predicted octanol–water partition coefficient (Wildman–Crippen LogP) is 4.08. The lowest BCUT2D eigenvalue weighted by atomic mass is 9.85.